The number of nitrogens with zero attached hydrogens (tertiary/aromatic N) is 4. The molecule has 0 atom stereocenters. The lowest BCUT2D eigenvalue weighted by Gasteiger charge is -2.12. The highest BCUT2D eigenvalue weighted by Crippen LogP contribution is 2.36. The first-order valence-electron chi connectivity index (χ1n) is 10.1. The van der Waals surface area contributed by atoms with Crippen molar-refractivity contribution in [3.63, 3.8) is 0 Å². The first-order chi connectivity index (χ1) is 16.0. The number of hydrogen-bond acceptors (Lipinski definition) is 5. The van der Waals surface area contributed by atoms with Crippen LogP contribution in [0.4, 0.5) is 35.2 Å². The Hall–Kier alpha value is -3.86. The van der Waals surface area contributed by atoms with Gasteiger partial charge in [-0.1, -0.05) is 23.7 Å². The molecule has 0 saturated heterocycles. The average Bonchev–Trinajstić information content (AvgIpc) is 3.16. The van der Waals surface area contributed by atoms with Crippen LogP contribution < -0.4 is 16.4 Å². The zero-order valence-electron chi connectivity index (χ0n) is 18.0. The van der Waals surface area contributed by atoms with Gasteiger partial charge in [-0.15, -0.1) is 0 Å². The van der Waals surface area contributed by atoms with E-state index in [1.165, 1.54) is 12.4 Å². The molecule has 8 nitrogen and oxygen atoms in total. The van der Waals surface area contributed by atoms with E-state index in [1.807, 2.05) is 13.8 Å². The van der Waals surface area contributed by atoms with Crippen molar-refractivity contribution >= 4 is 45.9 Å². The molecule has 12 heteroatoms. The minimum atomic E-state index is -4.64. The molecular weight excluding hydrogens is 471 g/mol. The van der Waals surface area contributed by atoms with E-state index < -0.39 is 22.8 Å². The molecular formula is C22H19ClF3N7O. The van der Waals surface area contributed by atoms with Crippen molar-refractivity contribution in [3.05, 3.63) is 59.4 Å². The number of anilines is 3. The van der Waals surface area contributed by atoms with Gasteiger partial charge in [0.05, 0.1) is 16.0 Å². The summed E-state index contributed by atoms with van der Waals surface area (Å²) in [4.78, 5) is 20.7. The third-order valence-corrected chi connectivity index (χ3v) is 5.28. The van der Waals surface area contributed by atoms with E-state index in [1.54, 1.807) is 28.9 Å². The van der Waals surface area contributed by atoms with E-state index in [0.29, 0.717) is 28.2 Å². The molecule has 0 radical (unpaired) electrons. The molecule has 0 bridgehead atoms. The predicted octanol–water partition coefficient (Wildman–Crippen LogP) is 5.97. The van der Waals surface area contributed by atoms with E-state index in [0.717, 1.165) is 17.7 Å². The molecule has 4 rings (SSSR count). The van der Waals surface area contributed by atoms with Crippen LogP contribution >= 0.6 is 11.6 Å². The van der Waals surface area contributed by atoms with Gasteiger partial charge in [0, 0.05) is 23.0 Å². The van der Waals surface area contributed by atoms with Crippen molar-refractivity contribution in [2.75, 3.05) is 16.4 Å². The number of hydrogen-bond donors (Lipinski definition) is 3. The second-order valence-corrected chi connectivity index (χ2v) is 8.10. The number of urea groups is 1. The van der Waals surface area contributed by atoms with Crippen LogP contribution in [-0.4, -0.2) is 25.8 Å². The van der Waals surface area contributed by atoms with Crippen LogP contribution in [0.25, 0.3) is 22.3 Å². The van der Waals surface area contributed by atoms with Crippen LogP contribution in [0, 0.1) is 0 Å². The molecule has 0 fully saturated rings. The molecule has 4 N–H and O–H groups in total. The number of nitrogen functional groups attached to an aromatic ring is 1. The molecule has 0 aliphatic carbocycles. The Morgan fingerprint density at radius 3 is 2.35 bits per heavy atom. The number of halogens is 4. The second kappa shape index (κ2) is 8.82. The molecule has 2 aromatic carbocycles. The van der Waals surface area contributed by atoms with E-state index in [-0.39, 0.29) is 11.7 Å². The van der Waals surface area contributed by atoms with Gasteiger partial charge in [0.25, 0.3) is 0 Å². The van der Waals surface area contributed by atoms with Crippen molar-refractivity contribution in [1.29, 1.82) is 0 Å². The van der Waals surface area contributed by atoms with Crippen LogP contribution in [0.3, 0.4) is 0 Å². The summed E-state index contributed by atoms with van der Waals surface area (Å²) < 4.78 is 40.8. The minimum absolute atomic E-state index is 0.0425. The van der Waals surface area contributed by atoms with Gasteiger partial charge >= 0.3 is 12.2 Å². The van der Waals surface area contributed by atoms with E-state index >= 15 is 0 Å². The first-order valence-corrected chi connectivity index (χ1v) is 10.5. The number of rotatable bonds is 4. The Balaban J connectivity index is 1.54. The van der Waals surface area contributed by atoms with Gasteiger partial charge < -0.3 is 16.4 Å². The maximum atomic E-state index is 13.0. The number of aromatic nitrogens is 4. The van der Waals surface area contributed by atoms with Crippen molar-refractivity contribution in [3.8, 4) is 11.3 Å². The van der Waals surface area contributed by atoms with Gasteiger partial charge in [-0.3, -0.25) is 0 Å². The number of carbonyl (C=O) groups excluding carboxylic acids is 1. The summed E-state index contributed by atoms with van der Waals surface area (Å²) in [5.74, 6) is 0.301. The molecule has 2 heterocycles. The topological polar surface area (TPSA) is 111 Å². The largest absolute Gasteiger partial charge is 0.417 e. The second-order valence-electron chi connectivity index (χ2n) is 7.69. The third-order valence-electron chi connectivity index (χ3n) is 4.95. The van der Waals surface area contributed by atoms with Crippen molar-refractivity contribution in [2.45, 2.75) is 26.1 Å². The fraction of sp³-hybridized carbons (Fsp3) is 0.182. The summed E-state index contributed by atoms with van der Waals surface area (Å²) in [7, 11) is 0. The molecule has 2 amide bonds. The highest BCUT2D eigenvalue weighted by atomic mass is 35.5. The van der Waals surface area contributed by atoms with E-state index in [4.69, 9.17) is 17.3 Å². The van der Waals surface area contributed by atoms with Gasteiger partial charge in [-0.25, -0.2) is 19.4 Å². The van der Waals surface area contributed by atoms with Gasteiger partial charge in [0.1, 0.15) is 17.8 Å². The Kier molecular flexibility index (Phi) is 6.05. The van der Waals surface area contributed by atoms with Gasteiger partial charge in [-0.2, -0.15) is 18.3 Å². The Labute approximate surface area is 196 Å². The number of carbonyl (C=O) groups is 1. The highest BCUT2D eigenvalue weighted by Gasteiger charge is 2.33. The lowest BCUT2D eigenvalue weighted by Crippen LogP contribution is -2.19. The molecule has 0 aliphatic rings. The summed E-state index contributed by atoms with van der Waals surface area (Å²) in [6, 6.07) is 9.20. The van der Waals surface area contributed by atoms with Crippen molar-refractivity contribution < 1.29 is 18.0 Å². The summed E-state index contributed by atoms with van der Waals surface area (Å²) in [6.45, 7) is 3.94. The molecule has 0 spiro atoms. The predicted molar refractivity (Wildman–Crippen MR) is 125 cm³/mol. The van der Waals surface area contributed by atoms with Crippen LogP contribution in [0.2, 0.25) is 5.02 Å². The Morgan fingerprint density at radius 2 is 1.71 bits per heavy atom. The number of fused-ring (bicyclic) bond motifs is 1. The molecule has 0 unspecified atom stereocenters. The summed E-state index contributed by atoms with van der Waals surface area (Å²) in [5, 5.41) is 9.75. The Morgan fingerprint density at radius 1 is 1.06 bits per heavy atom. The highest BCUT2D eigenvalue weighted by molar-refractivity contribution is 6.31. The summed E-state index contributed by atoms with van der Waals surface area (Å²) >= 11 is 5.61. The zero-order chi connectivity index (χ0) is 24.6. The third kappa shape index (κ3) is 4.60. The molecule has 34 heavy (non-hydrogen) atoms. The molecule has 0 saturated carbocycles. The summed E-state index contributed by atoms with van der Waals surface area (Å²) in [5.41, 5.74) is 7.34. The normalized spacial score (nSPS) is 11.7. The lowest BCUT2D eigenvalue weighted by atomic mass is 10.1. The molecule has 0 aliphatic heterocycles. The molecule has 2 aromatic heterocycles. The van der Waals surface area contributed by atoms with Crippen molar-refractivity contribution in [1.82, 2.24) is 19.7 Å². The Bertz CT molecular complexity index is 1370. The average molecular weight is 490 g/mol. The lowest BCUT2D eigenvalue weighted by molar-refractivity contribution is -0.137. The van der Waals surface area contributed by atoms with Crippen LogP contribution in [-0.2, 0) is 6.18 Å². The number of amides is 2. The van der Waals surface area contributed by atoms with Crippen LogP contribution in [0.1, 0.15) is 25.5 Å². The zero-order valence-corrected chi connectivity index (χ0v) is 18.7. The number of alkyl halides is 3. The van der Waals surface area contributed by atoms with Gasteiger partial charge in [-0.05, 0) is 44.2 Å². The number of nitrogens with one attached hydrogen (secondary N) is 2. The SMILES string of the molecule is CC(C)n1nc(-c2ccc(NC(=O)Nc3ccc(Cl)c(C(F)(F)F)c3)cc2)c2c(N)ncnc21. The monoisotopic (exact) mass is 489 g/mol. The quantitative estimate of drug-likeness (QED) is 0.327. The fourth-order valence-corrected chi connectivity index (χ4v) is 3.61. The number of benzene rings is 2. The minimum Gasteiger partial charge on any atom is -0.383 e. The van der Waals surface area contributed by atoms with Crippen molar-refractivity contribution in [2.24, 2.45) is 0 Å². The fourth-order valence-electron chi connectivity index (χ4n) is 3.38. The number of nitrogens with two attached hydrogens (primary N) is 1. The first kappa shape index (κ1) is 23.3. The van der Waals surface area contributed by atoms with Crippen LogP contribution in [0.5, 0.6) is 0 Å². The van der Waals surface area contributed by atoms with E-state index in [9.17, 15) is 18.0 Å². The maximum Gasteiger partial charge on any atom is 0.417 e. The van der Waals surface area contributed by atoms with Gasteiger partial charge in [0.15, 0.2) is 5.65 Å². The van der Waals surface area contributed by atoms with Gasteiger partial charge in [0.2, 0.25) is 0 Å². The summed E-state index contributed by atoms with van der Waals surface area (Å²) in [6.07, 6.45) is -3.26. The van der Waals surface area contributed by atoms with Crippen LogP contribution in [0.15, 0.2) is 48.8 Å². The standard InChI is InChI=1S/C22H19ClF3N7O/c1-11(2)33-20-17(19(27)28-10-29-20)18(32-33)12-3-5-13(6-4-12)30-21(34)31-14-7-8-16(23)15(9-14)22(24,25)26/h3-11H,1-2H3,(H2,27,28,29)(H2,30,31,34). The smallest absolute Gasteiger partial charge is 0.383 e. The maximum absolute atomic E-state index is 13.0. The molecule has 176 valence electrons. The molecule has 4 aromatic rings. The van der Waals surface area contributed by atoms with E-state index in [2.05, 4.69) is 25.7 Å².